The molecular formula is C11H19N5O. The van der Waals surface area contributed by atoms with Crippen molar-refractivity contribution in [3.05, 3.63) is 11.9 Å². The molecule has 1 unspecified atom stereocenters. The number of morpholine rings is 1. The van der Waals surface area contributed by atoms with Gasteiger partial charge in [-0.2, -0.15) is 0 Å². The van der Waals surface area contributed by atoms with Gasteiger partial charge < -0.3 is 20.7 Å². The second-order valence-corrected chi connectivity index (χ2v) is 4.08. The number of ether oxygens (including phenoxy) is 1. The summed E-state index contributed by atoms with van der Waals surface area (Å²) >= 11 is 0. The van der Waals surface area contributed by atoms with Crippen molar-refractivity contribution in [3.63, 3.8) is 0 Å². The first-order chi connectivity index (χ1) is 8.22. The monoisotopic (exact) mass is 237 g/mol. The standard InChI is InChI=1S/C11H19N5O/c1-8-14-10(13-2)5-11(15-8)16-3-4-17-9(6-12)7-16/h5,9H,3-4,6-7,12H2,1-2H3,(H,13,14,15). The second kappa shape index (κ2) is 5.29. The first-order valence-electron chi connectivity index (χ1n) is 5.83. The summed E-state index contributed by atoms with van der Waals surface area (Å²) in [4.78, 5) is 10.9. The SMILES string of the molecule is CNc1cc(N2CCOC(CN)C2)nc(C)n1. The highest BCUT2D eigenvalue weighted by molar-refractivity contribution is 5.49. The molecule has 0 saturated carbocycles. The van der Waals surface area contributed by atoms with Crippen LogP contribution in [0.1, 0.15) is 5.82 Å². The minimum absolute atomic E-state index is 0.0945. The molecule has 1 aliphatic heterocycles. The lowest BCUT2D eigenvalue weighted by atomic mass is 10.2. The van der Waals surface area contributed by atoms with Crippen molar-refractivity contribution in [1.29, 1.82) is 0 Å². The van der Waals surface area contributed by atoms with Crippen molar-refractivity contribution < 1.29 is 4.74 Å². The Morgan fingerprint density at radius 3 is 3.12 bits per heavy atom. The fraction of sp³-hybridized carbons (Fsp3) is 0.636. The van der Waals surface area contributed by atoms with Gasteiger partial charge in [-0.25, -0.2) is 9.97 Å². The van der Waals surface area contributed by atoms with Crippen molar-refractivity contribution in [1.82, 2.24) is 9.97 Å². The van der Waals surface area contributed by atoms with Gasteiger partial charge in [-0.1, -0.05) is 0 Å². The van der Waals surface area contributed by atoms with Crippen LogP contribution in [-0.2, 0) is 4.74 Å². The van der Waals surface area contributed by atoms with E-state index in [-0.39, 0.29) is 6.10 Å². The van der Waals surface area contributed by atoms with Crippen LogP contribution in [-0.4, -0.2) is 49.4 Å². The lowest BCUT2D eigenvalue weighted by Gasteiger charge is -2.33. The van der Waals surface area contributed by atoms with Crippen molar-refractivity contribution >= 4 is 11.6 Å². The number of nitrogens with zero attached hydrogens (tertiary/aromatic N) is 3. The van der Waals surface area contributed by atoms with Gasteiger partial charge in [0.15, 0.2) is 0 Å². The fourth-order valence-electron chi connectivity index (χ4n) is 1.91. The van der Waals surface area contributed by atoms with Gasteiger partial charge in [-0.05, 0) is 6.92 Å². The largest absolute Gasteiger partial charge is 0.373 e. The lowest BCUT2D eigenvalue weighted by molar-refractivity contribution is 0.0463. The third-order valence-electron chi connectivity index (χ3n) is 2.81. The molecule has 94 valence electrons. The maximum atomic E-state index is 5.63. The molecule has 1 atom stereocenters. The Kier molecular flexibility index (Phi) is 3.75. The molecule has 17 heavy (non-hydrogen) atoms. The van der Waals surface area contributed by atoms with Gasteiger partial charge in [-0.3, -0.25) is 0 Å². The molecule has 0 spiro atoms. The third-order valence-corrected chi connectivity index (χ3v) is 2.81. The number of hydrogen-bond acceptors (Lipinski definition) is 6. The number of nitrogens with two attached hydrogens (primary N) is 1. The molecule has 1 aliphatic rings. The maximum absolute atomic E-state index is 5.63. The summed E-state index contributed by atoms with van der Waals surface area (Å²) in [5.74, 6) is 2.54. The molecule has 2 rings (SSSR count). The van der Waals surface area contributed by atoms with Crippen LogP contribution < -0.4 is 16.0 Å². The van der Waals surface area contributed by atoms with Gasteiger partial charge in [0, 0.05) is 32.7 Å². The molecule has 0 aromatic carbocycles. The number of nitrogens with one attached hydrogen (secondary N) is 1. The Labute approximate surface area is 101 Å². The van der Waals surface area contributed by atoms with Crippen LogP contribution in [0.25, 0.3) is 0 Å². The van der Waals surface area contributed by atoms with E-state index in [2.05, 4.69) is 20.2 Å². The highest BCUT2D eigenvalue weighted by Crippen LogP contribution is 2.18. The number of aromatic nitrogens is 2. The summed E-state index contributed by atoms with van der Waals surface area (Å²) in [6, 6.07) is 1.95. The minimum atomic E-state index is 0.0945. The van der Waals surface area contributed by atoms with Gasteiger partial charge in [0.2, 0.25) is 0 Å². The number of rotatable bonds is 3. The molecule has 1 saturated heterocycles. The van der Waals surface area contributed by atoms with Gasteiger partial charge in [-0.15, -0.1) is 0 Å². The number of aryl methyl sites for hydroxylation is 1. The summed E-state index contributed by atoms with van der Waals surface area (Å²) < 4.78 is 5.54. The zero-order chi connectivity index (χ0) is 12.3. The average molecular weight is 237 g/mol. The predicted molar refractivity (Wildman–Crippen MR) is 67.3 cm³/mol. The Balaban J connectivity index is 2.18. The van der Waals surface area contributed by atoms with E-state index in [4.69, 9.17) is 10.5 Å². The first kappa shape index (κ1) is 12.1. The maximum Gasteiger partial charge on any atom is 0.134 e. The van der Waals surface area contributed by atoms with Gasteiger partial charge in [0.1, 0.15) is 17.5 Å². The summed E-state index contributed by atoms with van der Waals surface area (Å²) in [7, 11) is 1.85. The van der Waals surface area contributed by atoms with Crippen molar-refractivity contribution in [2.45, 2.75) is 13.0 Å². The van der Waals surface area contributed by atoms with Crippen LogP contribution in [0, 0.1) is 6.92 Å². The Morgan fingerprint density at radius 1 is 1.59 bits per heavy atom. The summed E-state index contributed by atoms with van der Waals surface area (Å²) in [5, 5.41) is 3.04. The Morgan fingerprint density at radius 2 is 2.41 bits per heavy atom. The molecule has 3 N–H and O–H groups in total. The highest BCUT2D eigenvalue weighted by atomic mass is 16.5. The normalized spacial score (nSPS) is 20.4. The molecule has 0 aliphatic carbocycles. The van der Waals surface area contributed by atoms with Crippen molar-refractivity contribution in [2.75, 3.05) is 43.5 Å². The van der Waals surface area contributed by atoms with E-state index in [1.54, 1.807) is 0 Å². The summed E-state index contributed by atoms with van der Waals surface area (Å²) in [6.07, 6.45) is 0.0945. The van der Waals surface area contributed by atoms with Crippen LogP contribution in [0.15, 0.2) is 6.07 Å². The van der Waals surface area contributed by atoms with Gasteiger partial charge in [0.05, 0.1) is 12.7 Å². The zero-order valence-corrected chi connectivity index (χ0v) is 10.3. The van der Waals surface area contributed by atoms with E-state index in [1.807, 2.05) is 20.0 Å². The van der Waals surface area contributed by atoms with E-state index in [0.717, 1.165) is 30.5 Å². The molecule has 0 amide bonds. The zero-order valence-electron chi connectivity index (χ0n) is 10.3. The molecule has 0 bridgehead atoms. The summed E-state index contributed by atoms with van der Waals surface area (Å²) in [6.45, 7) is 4.76. The van der Waals surface area contributed by atoms with E-state index >= 15 is 0 Å². The molecule has 2 heterocycles. The number of anilines is 2. The average Bonchev–Trinajstić information content (AvgIpc) is 2.38. The van der Waals surface area contributed by atoms with Gasteiger partial charge >= 0.3 is 0 Å². The summed E-state index contributed by atoms with van der Waals surface area (Å²) in [5.41, 5.74) is 5.63. The van der Waals surface area contributed by atoms with Crippen LogP contribution in [0.5, 0.6) is 0 Å². The third kappa shape index (κ3) is 2.83. The predicted octanol–water partition coefficient (Wildman–Crippen LogP) is -0.00938. The molecule has 1 fully saturated rings. The molecule has 1 aromatic rings. The first-order valence-corrected chi connectivity index (χ1v) is 5.83. The minimum Gasteiger partial charge on any atom is -0.373 e. The number of hydrogen-bond donors (Lipinski definition) is 2. The molecule has 1 aromatic heterocycles. The van der Waals surface area contributed by atoms with Crippen LogP contribution in [0.4, 0.5) is 11.6 Å². The van der Waals surface area contributed by atoms with Crippen molar-refractivity contribution in [2.24, 2.45) is 5.73 Å². The van der Waals surface area contributed by atoms with E-state index in [0.29, 0.717) is 13.2 Å². The smallest absolute Gasteiger partial charge is 0.134 e. The van der Waals surface area contributed by atoms with Crippen LogP contribution in [0.3, 0.4) is 0 Å². The van der Waals surface area contributed by atoms with Crippen LogP contribution >= 0.6 is 0 Å². The van der Waals surface area contributed by atoms with Gasteiger partial charge in [0.25, 0.3) is 0 Å². The highest BCUT2D eigenvalue weighted by Gasteiger charge is 2.20. The second-order valence-electron chi connectivity index (χ2n) is 4.08. The Bertz CT molecular complexity index is 384. The van der Waals surface area contributed by atoms with E-state index < -0.39 is 0 Å². The quantitative estimate of drug-likeness (QED) is 0.770. The Hall–Kier alpha value is -1.40. The lowest BCUT2D eigenvalue weighted by Crippen LogP contribution is -2.46. The van der Waals surface area contributed by atoms with Crippen LogP contribution in [0.2, 0.25) is 0 Å². The molecule has 6 heteroatoms. The van der Waals surface area contributed by atoms with E-state index in [9.17, 15) is 0 Å². The van der Waals surface area contributed by atoms with Crippen molar-refractivity contribution in [3.8, 4) is 0 Å². The van der Waals surface area contributed by atoms with E-state index in [1.165, 1.54) is 0 Å². The molecule has 6 nitrogen and oxygen atoms in total. The molecular weight excluding hydrogens is 218 g/mol. The molecule has 0 radical (unpaired) electrons. The fourth-order valence-corrected chi connectivity index (χ4v) is 1.91. The topological polar surface area (TPSA) is 76.3 Å².